The summed E-state index contributed by atoms with van der Waals surface area (Å²) in [5, 5.41) is 0. The molecule has 1 saturated carbocycles. The minimum absolute atomic E-state index is 0.0856. The molecule has 1 unspecified atom stereocenters. The Hall–Kier alpha value is -2.23. The molecule has 0 N–H and O–H groups in total. The maximum Gasteiger partial charge on any atom is 0.190 e. The second kappa shape index (κ2) is 4.16. The van der Waals surface area contributed by atoms with Gasteiger partial charge in [0.25, 0.3) is 0 Å². The first-order chi connectivity index (χ1) is 9.42. The Morgan fingerprint density at radius 1 is 1.16 bits per heavy atom. The minimum Gasteiger partial charge on any atom is -0.464 e. The number of ether oxygens (including phenoxy) is 1. The molecule has 0 saturated heterocycles. The van der Waals surface area contributed by atoms with Crippen LogP contribution in [0.1, 0.15) is 18.6 Å². The van der Waals surface area contributed by atoms with Gasteiger partial charge in [-0.3, -0.25) is 0 Å². The molecule has 0 amide bonds. The van der Waals surface area contributed by atoms with Gasteiger partial charge in [-0.2, -0.15) is 0 Å². The highest BCUT2D eigenvalue weighted by Crippen LogP contribution is 2.43. The third-order valence-electron chi connectivity index (χ3n) is 3.53. The average molecular weight is 254 g/mol. The normalized spacial score (nSPS) is 22.2. The molecule has 4 rings (SSSR count). The monoisotopic (exact) mass is 254 g/mol. The summed E-state index contributed by atoms with van der Waals surface area (Å²) >= 11 is 0. The van der Waals surface area contributed by atoms with Crippen molar-refractivity contribution in [2.75, 3.05) is 4.90 Å². The average Bonchev–Trinajstić information content (AvgIpc) is 3.00. The Bertz CT molecular complexity index is 588. The third kappa shape index (κ3) is 1.89. The van der Waals surface area contributed by atoms with E-state index in [1.807, 2.05) is 24.4 Å². The van der Waals surface area contributed by atoms with Crippen molar-refractivity contribution in [3.05, 3.63) is 54.9 Å². The van der Waals surface area contributed by atoms with Crippen molar-refractivity contribution < 1.29 is 9.15 Å². The third-order valence-corrected chi connectivity index (χ3v) is 3.53. The predicted octanol–water partition coefficient (Wildman–Crippen LogP) is 3.25. The number of anilines is 1. The fourth-order valence-electron chi connectivity index (χ4n) is 2.40. The SMILES string of the molecule is C1=C(c2cnco2)OC(C2CC2)N1c1ccccc1. The topological polar surface area (TPSA) is 38.5 Å². The van der Waals surface area contributed by atoms with E-state index in [0.717, 1.165) is 11.4 Å². The fourth-order valence-corrected chi connectivity index (χ4v) is 2.40. The van der Waals surface area contributed by atoms with Gasteiger partial charge in [0, 0.05) is 11.6 Å². The lowest BCUT2D eigenvalue weighted by atomic mass is 10.2. The van der Waals surface area contributed by atoms with E-state index in [1.54, 1.807) is 6.20 Å². The molecule has 19 heavy (non-hydrogen) atoms. The predicted molar refractivity (Wildman–Crippen MR) is 71.0 cm³/mol. The quantitative estimate of drug-likeness (QED) is 0.842. The van der Waals surface area contributed by atoms with Crippen LogP contribution in [0.5, 0.6) is 0 Å². The van der Waals surface area contributed by atoms with Gasteiger partial charge in [0.2, 0.25) is 0 Å². The molecule has 1 aliphatic heterocycles. The summed E-state index contributed by atoms with van der Waals surface area (Å²) in [7, 11) is 0. The molecule has 1 fully saturated rings. The molecule has 2 aromatic rings. The van der Waals surface area contributed by atoms with Crippen LogP contribution in [0.25, 0.3) is 5.76 Å². The van der Waals surface area contributed by atoms with Crippen molar-refractivity contribution in [2.24, 2.45) is 5.92 Å². The number of hydrogen-bond acceptors (Lipinski definition) is 4. The number of aromatic nitrogens is 1. The molecule has 4 nitrogen and oxygen atoms in total. The van der Waals surface area contributed by atoms with Gasteiger partial charge in [-0.05, 0) is 25.0 Å². The van der Waals surface area contributed by atoms with Crippen molar-refractivity contribution >= 4 is 11.4 Å². The molecule has 0 bridgehead atoms. The summed E-state index contributed by atoms with van der Waals surface area (Å²) < 4.78 is 11.4. The fraction of sp³-hybridized carbons (Fsp3) is 0.267. The van der Waals surface area contributed by atoms with Gasteiger partial charge >= 0.3 is 0 Å². The van der Waals surface area contributed by atoms with Crippen molar-refractivity contribution in [3.63, 3.8) is 0 Å². The highest BCUT2D eigenvalue weighted by Gasteiger charge is 2.41. The lowest BCUT2D eigenvalue weighted by Crippen LogP contribution is -2.29. The van der Waals surface area contributed by atoms with E-state index in [2.05, 4.69) is 22.0 Å². The molecular weight excluding hydrogens is 240 g/mol. The number of hydrogen-bond donors (Lipinski definition) is 0. The van der Waals surface area contributed by atoms with E-state index in [4.69, 9.17) is 9.15 Å². The van der Waals surface area contributed by atoms with E-state index in [9.17, 15) is 0 Å². The molecular formula is C15H14N2O2. The van der Waals surface area contributed by atoms with Crippen LogP contribution in [-0.2, 0) is 4.74 Å². The van der Waals surface area contributed by atoms with Crippen LogP contribution in [-0.4, -0.2) is 11.2 Å². The Morgan fingerprint density at radius 3 is 2.68 bits per heavy atom. The molecule has 1 atom stereocenters. The van der Waals surface area contributed by atoms with Crippen LogP contribution < -0.4 is 4.90 Å². The zero-order chi connectivity index (χ0) is 12.7. The summed E-state index contributed by atoms with van der Waals surface area (Å²) in [5.74, 6) is 2.05. The smallest absolute Gasteiger partial charge is 0.190 e. The standard InChI is InChI=1S/C15H14N2O2/c1-2-4-12(5-3-1)17-9-14(13-8-16-10-18-13)19-15(17)11-6-7-11/h1-5,8-11,15H,6-7H2. The first-order valence-electron chi connectivity index (χ1n) is 6.52. The summed E-state index contributed by atoms with van der Waals surface area (Å²) in [6.07, 6.45) is 7.67. The van der Waals surface area contributed by atoms with Crippen LogP contribution in [0, 0.1) is 5.92 Å². The van der Waals surface area contributed by atoms with Gasteiger partial charge in [-0.25, -0.2) is 4.98 Å². The number of rotatable bonds is 3. The van der Waals surface area contributed by atoms with Crippen LogP contribution in [0.4, 0.5) is 5.69 Å². The van der Waals surface area contributed by atoms with Crippen molar-refractivity contribution in [2.45, 2.75) is 19.1 Å². The summed E-state index contributed by atoms with van der Waals surface area (Å²) in [5.41, 5.74) is 1.15. The van der Waals surface area contributed by atoms with Gasteiger partial charge in [-0.1, -0.05) is 18.2 Å². The van der Waals surface area contributed by atoms with Crippen molar-refractivity contribution in [1.29, 1.82) is 0 Å². The van der Waals surface area contributed by atoms with Gasteiger partial charge in [-0.15, -0.1) is 0 Å². The van der Waals surface area contributed by atoms with Crippen molar-refractivity contribution in [3.8, 4) is 0 Å². The molecule has 1 aromatic carbocycles. The van der Waals surface area contributed by atoms with E-state index in [1.165, 1.54) is 19.2 Å². The number of benzene rings is 1. The van der Waals surface area contributed by atoms with Crippen LogP contribution in [0.3, 0.4) is 0 Å². The molecule has 0 spiro atoms. The van der Waals surface area contributed by atoms with Gasteiger partial charge < -0.3 is 14.1 Å². The van der Waals surface area contributed by atoms with E-state index in [-0.39, 0.29) is 6.23 Å². The van der Waals surface area contributed by atoms with Crippen LogP contribution in [0.2, 0.25) is 0 Å². The van der Waals surface area contributed by atoms with Gasteiger partial charge in [0.05, 0.1) is 12.4 Å². The Morgan fingerprint density at radius 2 is 2.00 bits per heavy atom. The van der Waals surface area contributed by atoms with Gasteiger partial charge in [0.15, 0.2) is 24.1 Å². The molecule has 0 radical (unpaired) electrons. The first kappa shape index (κ1) is 10.7. The zero-order valence-electron chi connectivity index (χ0n) is 10.4. The second-order valence-electron chi connectivity index (χ2n) is 4.95. The van der Waals surface area contributed by atoms with Crippen molar-refractivity contribution in [1.82, 2.24) is 4.98 Å². The van der Waals surface area contributed by atoms with Crippen LogP contribution in [0.15, 0.2) is 53.5 Å². The van der Waals surface area contributed by atoms with E-state index >= 15 is 0 Å². The number of para-hydroxylation sites is 1. The largest absolute Gasteiger partial charge is 0.464 e. The first-order valence-corrected chi connectivity index (χ1v) is 6.52. The van der Waals surface area contributed by atoms with E-state index in [0.29, 0.717) is 11.7 Å². The van der Waals surface area contributed by atoms with Gasteiger partial charge in [0.1, 0.15) is 0 Å². The Labute approximate surface area is 111 Å². The summed E-state index contributed by atoms with van der Waals surface area (Å²) in [4.78, 5) is 6.13. The van der Waals surface area contributed by atoms with E-state index < -0.39 is 0 Å². The highest BCUT2D eigenvalue weighted by molar-refractivity contribution is 5.65. The molecule has 1 aromatic heterocycles. The Kier molecular flexibility index (Phi) is 2.33. The molecule has 96 valence electrons. The maximum atomic E-state index is 6.05. The second-order valence-corrected chi connectivity index (χ2v) is 4.95. The molecule has 4 heteroatoms. The number of nitrogens with zero attached hydrogens (tertiary/aromatic N) is 2. The van der Waals surface area contributed by atoms with Crippen LogP contribution >= 0.6 is 0 Å². The maximum absolute atomic E-state index is 6.05. The Balaban J connectivity index is 1.69. The summed E-state index contributed by atoms with van der Waals surface area (Å²) in [6, 6.07) is 10.3. The molecule has 2 aliphatic rings. The zero-order valence-corrected chi connectivity index (χ0v) is 10.4. The lowest BCUT2D eigenvalue weighted by molar-refractivity contribution is 0.165. The minimum atomic E-state index is 0.0856. The lowest BCUT2D eigenvalue weighted by Gasteiger charge is -2.24. The molecule has 1 aliphatic carbocycles. The molecule has 2 heterocycles. The highest BCUT2D eigenvalue weighted by atomic mass is 16.5. The summed E-state index contributed by atoms with van der Waals surface area (Å²) in [6.45, 7) is 0. The number of oxazole rings is 1.